The standard InChI is InChI=1S/C20H19NO2S2/c1-23-16-6-3-2-5-15(16)20(9-10-20)19(22)21-18(14-8-12-24-13-14)17-7-4-11-25-17/h2-8,11-13,18H,9-10H2,1H3,(H,21,22)/t18-/m1/s1. The Morgan fingerprint density at radius 3 is 2.64 bits per heavy atom. The van der Waals surface area contributed by atoms with E-state index in [1.54, 1.807) is 29.8 Å². The number of hydrogen-bond acceptors (Lipinski definition) is 4. The lowest BCUT2D eigenvalue weighted by molar-refractivity contribution is -0.124. The molecule has 4 rings (SSSR count). The van der Waals surface area contributed by atoms with Crippen molar-refractivity contribution in [2.45, 2.75) is 24.3 Å². The zero-order valence-electron chi connectivity index (χ0n) is 13.9. The van der Waals surface area contributed by atoms with Gasteiger partial charge in [0.2, 0.25) is 5.91 Å². The van der Waals surface area contributed by atoms with Gasteiger partial charge in [-0.15, -0.1) is 11.3 Å². The van der Waals surface area contributed by atoms with Crippen LogP contribution >= 0.6 is 22.7 Å². The van der Waals surface area contributed by atoms with Gasteiger partial charge in [-0.2, -0.15) is 11.3 Å². The van der Waals surface area contributed by atoms with Gasteiger partial charge in [-0.25, -0.2) is 0 Å². The first-order valence-corrected chi connectivity index (χ1v) is 10.1. The number of hydrogen-bond donors (Lipinski definition) is 1. The van der Waals surface area contributed by atoms with Crippen molar-refractivity contribution in [1.29, 1.82) is 0 Å². The summed E-state index contributed by atoms with van der Waals surface area (Å²) < 4.78 is 5.50. The lowest BCUT2D eigenvalue weighted by Gasteiger charge is -2.23. The molecule has 2 heterocycles. The molecular weight excluding hydrogens is 350 g/mol. The van der Waals surface area contributed by atoms with E-state index in [2.05, 4.69) is 28.2 Å². The van der Waals surface area contributed by atoms with Crippen LogP contribution in [0.25, 0.3) is 0 Å². The number of amides is 1. The number of rotatable bonds is 6. The van der Waals surface area contributed by atoms with Crippen LogP contribution in [-0.2, 0) is 10.2 Å². The molecule has 0 aliphatic heterocycles. The maximum absolute atomic E-state index is 13.2. The molecule has 25 heavy (non-hydrogen) atoms. The minimum atomic E-state index is -0.460. The summed E-state index contributed by atoms with van der Waals surface area (Å²) >= 11 is 3.32. The van der Waals surface area contributed by atoms with E-state index in [9.17, 15) is 4.79 Å². The Hall–Kier alpha value is -2.11. The van der Waals surface area contributed by atoms with E-state index < -0.39 is 5.41 Å². The van der Waals surface area contributed by atoms with Gasteiger partial charge in [-0.05, 0) is 52.7 Å². The monoisotopic (exact) mass is 369 g/mol. The Bertz CT molecular complexity index is 817. The zero-order chi connectivity index (χ0) is 17.3. The van der Waals surface area contributed by atoms with Crippen molar-refractivity contribution < 1.29 is 9.53 Å². The molecule has 0 unspecified atom stereocenters. The summed E-state index contributed by atoms with van der Waals surface area (Å²) in [6.07, 6.45) is 1.72. The second-order valence-corrected chi connectivity index (χ2v) is 8.02. The van der Waals surface area contributed by atoms with Crippen LogP contribution in [0.3, 0.4) is 0 Å². The average Bonchev–Trinajstić information content (AvgIpc) is 3.04. The van der Waals surface area contributed by atoms with Crippen molar-refractivity contribution in [3.05, 3.63) is 74.6 Å². The van der Waals surface area contributed by atoms with Gasteiger partial charge in [0, 0.05) is 10.4 Å². The normalized spacial score (nSPS) is 16.2. The third kappa shape index (κ3) is 2.98. The zero-order valence-corrected chi connectivity index (χ0v) is 15.5. The molecule has 1 saturated carbocycles. The first-order valence-electron chi connectivity index (χ1n) is 8.24. The number of ether oxygens (including phenoxy) is 1. The number of nitrogens with one attached hydrogen (secondary N) is 1. The first-order chi connectivity index (χ1) is 12.2. The maximum Gasteiger partial charge on any atom is 0.231 e. The molecule has 2 aromatic heterocycles. The number of carbonyl (C=O) groups excluding carboxylic acids is 1. The molecular formula is C20H19NO2S2. The summed E-state index contributed by atoms with van der Waals surface area (Å²) in [5, 5.41) is 9.50. The third-order valence-corrected chi connectivity index (χ3v) is 6.43. The van der Waals surface area contributed by atoms with E-state index in [1.807, 2.05) is 35.7 Å². The van der Waals surface area contributed by atoms with Gasteiger partial charge in [0.1, 0.15) is 5.75 Å². The summed E-state index contributed by atoms with van der Waals surface area (Å²) in [6.45, 7) is 0. The molecule has 128 valence electrons. The quantitative estimate of drug-likeness (QED) is 0.680. The minimum absolute atomic E-state index is 0.0848. The van der Waals surface area contributed by atoms with Gasteiger partial charge in [-0.1, -0.05) is 24.3 Å². The molecule has 1 aliphatic rings. The number of thiophene rings is 2. The van der Waals surface area contributed by atoms with Crippen LogP contribution in [0.2, 0.25) is 0 Å². The highest BCUT2D eigenvalue weighted by Gasteiger charge is 2.53. The Morgan fingerprint density at radius 1 is 1.16 bits per heavy atom. The largest absolute Gasteiger partial charge is 0.496 e. The summed E-state index contributed by atoms with van der Waals surface area (Å²) in [7, 11) is 1.66. The summed E-state index contributed by atoms with van der Waals surface area (Å²) in [5.41, 5.74) is 1.67. The Morgan fingerprint density at radius 2 is 2.00 bits per heavy atom. The van der Waals surface area contributed by atoms with Crippen molar-refractivity contribution in [2.75, 3.05) is 7.11 Å². The van der Waals surface area contributed by atoms with Crippen molar-refractivity contribution in [3.8, 4) is 5.75 Å². The van der Waals surface area contributed by atoms with Crippen molar-refractivity contribution in [1.82, 2.24) is 5.32 Å². The van der Waals surface area contributed by atoms with Crippen molar-refractivity contribution in [3.63, 3.8) is 0 Å². The average molecular weight is 370 g/mol. The molecule has 1 aliphatic carbocycles. The lowest BCUT2D eigenvalue weighted by atomic mass is 9.93. The number of benzene rings is 1. The van der Waals surface area contributed by atoms with Gasteiger partial charge in [0.05, 0.1) is 18.6 Å². The fourth-order valence-corrected chi connectivity index (χ4v) is 4.76. The van der Waals surface area contributed by atoms with Crippen LogP contribution in [-0.4, -0.2) is 13.0 Å². The molecule has 1 aromatic carbocycles. The second kappa shape index (κ2) is 6.65. The molecule has 0 spiro atoms. The minimum Gasteiger partial charge on any atom is -0.496 e. The topological polar surface area (TPSA) is 38.3 Å². The van der Waals surface area contributed by atoms with Gasteiger partial charge < -0.3 is 10.1 Å². The molecule has 0 radical (unpaired) electrons. The Balaban J connectivity index is 1.64. The Labute approximate surface area is 155 Å². The predicted octanol–water partition coefficient (Wildman–Crippen LogP) is 4.76. The summed E-state index contributed by atoms with van der Waals surface area (Å²) in [5.74, 6) is 0.875. The van der Waals surface area contributed by atoms with Gasteiger partial charge in [0.15, 0.2) is 0 Å². The number of carbonyl (C=O) groups is 1. The van der Waals surface area contributed by atoms with Crippen molar-refractivity contribution in [2.24, 2.45) is 0 Å². The van der Waals surface area contributed by atoms with Crippen LogP contribution in [0, 0.1) is 0 Å². The lowest BCUT2D eigenvalue weighted by Crippen LogP contribution is -2.37. The molecule has 1 atom stereocenters. The first kappa shape index (κ1) is 16.4. The van der Waals surface area contributed by atoms with E-state index in [1.165, 1.54) is 0 Å². The second-order valence-electron chi connectivity index (χ2n) is 6.26. The van der Waals surface area contributed by atoms with Crippen LogP contribution in [0.1, 0.15) is 34.9 Å². The summed E-state index contributed by atoms with van der Waals surface area (Å²) in [4.78, 5) is 14.4. The predicted molar refractivity (Wildman–Crippen MR) is 103 cm³/mol. The molecule has 5 heteroatoms. The highest BCUT2D eigenvalue weighted by molar-refractivity contribution is 7.10. The highest BCUT2D eigenvalue weighted by atomic mass is 32.1. The SMILES string of the molecule is COc1ccccc1C1(C(=O)N[C@H](c2ccsc2)c2cccs2)CC1. The van der Waals surface area contributed by atoms with E-state index in [4.69, 9.17) is 4.74 Å². The van der Waals surface area contributed by atoms with E-state index in [-0.39, 0.29) is 11.9 Å². The van der Waals surface area contributed by atoms with E-state index in [0.717, 1.165) is 34.6 Å². The fourth-order valence-electron chi connectivity index (χ4n) is 3.27. The molecule has 1 amide bonds. The molecule has 1 fully saturated rings. The smallest absolute Gasteiger partial charge is 0.231 e. The van der Waals surface area contributed by atoms with E-state index in [0.29, 0.717) is 0 Å². The van der Waals surface area contributed by atoms with Crippen LogP contribution < -0.4 is 10.1 Å². The number of para-hydroxylation sites is 1. The maximum atomic E-state index is 13.2. The molecule has 1 N–H and O–H groups in total. The molecule has 3 aromatic rings. The van der Waals surface area contributed by atoms with Crippen LogP contribution in [0.5, 0.6) is 5.75 Å². The van der Waals surface area contributed by atoms with Crippen molar-refractivity contribution >= 4 is 28.6 Å². The molecule has 0 bridgehead atoms. The fraction of sp³-hybridized carbons (Fsp3) is 0.250. The van der Waals surface area contributed by atoms with Gasteiger partial charge in [0.25, 0.3) is 0 Å². The van der Waals surface area contributed by atoms with Gasteiger partial charge in [-0.3, -0.25) is 4.79 Å². The Kier molecular flexibility index (Phi) is 4.36. The summed E-state index contributed by atoms with van der Waals surface area (Å²) in [6, 6.07) is 13.9. The van der Waals surface area contributed by atoms with E-state index >= 15 is 0 Å². The van der Waals surface area contributed by atoms with Gasteiger partial charge >= 0.3 is 0 Å². The van der Waals surface area contributed by atoms with Crippen LogP contribution in [0.15, 0.2) is 58.6 Å². The number of methoxy groups -OCH3 is 1. The third-order valence-electron chi connectivity index (χ3n) is 4.79. The molecule has 0 saturated heterocycles. The highest BCUT2D eigenvalue weighted by Crippen LogP contribution is 2.52. The van der Waals surface area contributed by atoms with Crippen LogP contribution in [0.4, 0.5) is 0 Å². The molecule has 3 nitrogen and oxygen atoms in total.